The second-order valence-electron chi connectivity index (χ2n) is 9.00. The molecule has 6 nitrogen and oxygen atoms in total. The monoisotopic (exact) mass is 461 g/mol. The van der Waals surface area contributed by atoms with Crippen molar-refractivity contribution in [2.75, 3.05) is 31.6 Å². The maximum absolute atomic E-state index is 12.3. The molecule has 1 N–H and O–H groups in total. The number of hydrogen-bond donors (Lipinski definition) is 1. The second kappa shape index (κ2) is 10.4. The van der Waals surface area contributed by atoms with Crippen LogP contribution in [0.3, 0.4) is 0 Å². The summed E-state index contributed by atoms with van der Waals surface area (Å²) in [5.74, 6) is 0.934. The van der Waals surface area contributed by atoms with Crippen molar-refractivity contribution in [2.24, 2.45) is 5.92 Å². The van der Waals surface area contributed by atoms with E-state index in [0.717, 1.165) is 54.7 Å². The molecular weight excluding hydrogens is 426 g/mol. The molecule has 3 heterocycles. The normalized spacial score (nSPS) is 21.6. The number of nitrogens with zero attached hydrogens (tertiary/aromatic N) is 4. The number of aromatic nitrogens is 2. The van der Waals surface area contributed by atoms with Crippen molar-refractivity contribution >= 4 is 33.7 Å². The van der Waals surface area contributed by atoms with Crippen molar-refractivity contribution in [2.45, 2.75) is 71.4 Å². The third kappa shape index (κ3) is 6.05. The molecule has 2 aliphatic rings. The molecule has 0 saturated heterocycles. The van der Waals surface area contributed by atoms with Gasteiger partial charge in [0.15, 0.2) is 5.13 Å². The van der Waals surface area contributed by atoms with Crippen LogP contribution in [0.2, 0.25) is 0 Å². The van der Waals surface area contributed by atoms with Crippen molar-refractivity contribution in [1.82, 2.24) is 20.2 Å². The Hall–Kier alpha value is -1.51. The summed E-state index contributed by atoms with van der Waals surface area (Å²) in [4.78, 5) is 28.8. The van der Waals surface area contributed by atoms with Crippen LogP contribution in [-0.4, -0.2) is 53.5 Å². The first-order valence-corrected chi connectivity index (χ1v) is 13.3. The topological polar surface area (TPSA) is 61.4 Å². The average Bonchev–Trinajstić information content (AvgIpc) is 3.38. The van der Waals surface area contributed by atoms with E-state index in [-0.39, 0.29) is 5.91 Å². The maximum Gasteiger partial charge on any atom is 0.225 e. The fourth-order valence-electron chi connectivity index (χ4n) is 4.61. The van der Waals surface area contributed by atoms with Crippen molar-refractivity contribution in [3.63, 3.8) is 0 Å². The summed E-state index contributed by atoms with van der Waals surface area (Å²) in [5, 5.41) is 5.44. The van der Waals surface area contributed by atoms with Crippen molar-refractivity contribution in [3.8, 4) is 0 Å². The van der Waals surface area contributed by atoms with Crippen LogP contribution >= 0.6 is 22.7 Å². The van der Waals surface area contributed by atoms with Gasteiger partial charge in [-0.15, -0.1) is 22.7 Å². The molecule has 0 unspecified atom stereocenters. The van der Waals surface area contributed by atoms with Gasteiger partial charge >= 0.3 is 0 Å². The number of anilines is 1. The molecule has 2 aromatic rings. The first kappa shape index (κ1) is 22.7. The first-order valence-electron chi connectivity index (χ1n) is 11.6. The number of carbonyl (C=O) groups excluding carboxylic acids is 1. The first-order chi connectivity index (χ1) is 15.0. The molecule has 1 fully saturated rings. The molecule has 0 radical (unpaired) electrons. The Labute approximate surface area is 194 Å². The molecule has 2 aromatic heterocycles. The van der Waals surface area contributed by atoms with Gasteiger partial charge in [-0.3, -0.25) is 9.69 Å². The van der Waals surface area contributed by atoms with Crippen LogP contribution in [0.25, 0.3) is 0 Å². The van der Waals surface area contributed by atoms with Gasteiger partial charge in [0, 0.05) is 48.7 Å². The quantitative estimate of drug-likeness (QED) is 0.643. The lowest BCUT2D eigenvalue weighted by molar-refractivity contribution is -0.121. The van der Waals surface area contributed by atoms with Crippen molar-refractivity contribution < 1.29 is 4.79 Å². The van der Waals surface area contributed by atoms with E-state index in [9.17, 15) is 4.79 Å². The van der Waals surface area contributed by atoms with E-state index in [1.807, 2.05) is 24.5 Å². The summed E-state index contributed by atoms with van der Waals surface area (Å²) in [6, 6.07) is 0.347. The van der Waals surface area contributed by atoms with Gasteiger partial charge < -0.3 is 10.2 Å². The van der Waals surface area contributed by atoms with E-state index < -0.39 is 0 Å². The van der Waals surface area contributed by atoms with Gasteiger partial charge in [0.1, 0.15) is 0 Å². The summed E-state index contributed by atoms with van der Waals surface area (Å²) < 4.78 is 0. The van der Waals surface area contributed by atoms with E-state index in [2.05, 4.69) is 34.1 Å². The maximum atomic E-state index is 12.3. The highest BCUT2D eigenvalue weighted by atomic mass is 32.1. The number of amides is 1. The van der Waals surface area contributed by atoms with Gasteiger partial charge in [-0.2, -0.15) is 0 Å². The summed E-state index contributed by atoms with van der Waals surface area (Å²) >= 11 is 3.49. The minimum atomic E-state index is 0.146. The van der Waals surface area contributed by atoms with E-state index in [1.54, 1.807) is 11.3 Å². The molecule has 170 valence electrons. The van der Waals surface area contributed by atoms with E-state index >= 15 is 0 Å². The summed E-state index contributed by atoms with van der Waals surface area (Å²) in [6.07, 6.45) is 9.38. The minimum absolute atomic E-state index is 0.146. The minimum Gasteiger partial charge on any atom is -0.353 e. The molecule has 0 bridgehead atoms. The molecular formula is C23H35N5OS2. The number of rotatable bonds is 8. The van der Waals surface area contributed by atoms with E-state index in [4.69, 9.17) is 4.98 Å². The number of hydrogen-bond acceptors (Lipinski definition) is 7. The van der Waals surface area contributed by atoms with Crippen LogP contribution in [0.5, 0.6) is 0 Å². The van der Waals surface area contributed by atoms with Crippen LogP contribution in [-0.2, 0) is 24.2 Å². The summed E-state index contributed by atoms with van der Waals surface area (Å²) in [5.41, 5.74) is 1.30. The SMILES string of the molecule is CCN(C)c1nc2c(s1)CCN(CC[C@H]1CC[C@H](NC(=O)Cc3cnc(C)s3)CC1)C2. The van der Waals surface area contributed by atoms with Gasteiger partial charge in [-0.1, -0.05) is 0 Å². The predicted octanol–water partition coefficient (Wildman–Crippen LogP) is 4.03. The standard InChI is InChI=1S/C23H35N5OS2/c1-4-27(3)23-26-20-15-28(12-10-21(20)31-23)11-9-17-5-7-18(8-6-17)25-22(29)13-19-14-24-16(2)30-19/h14,17-18H,4-13,15H2,1-3H3,(H,25,29)/t17-,18-. The molecule has 1 saturated carbocycles. The molecule has 0 spiro atoms. The summed E-state index contributed by atoms with van der Waals surface area (Å²) in [6.45, 7) is 8.50. The Morgan fingerprint density at radius 3 is 2.81 bits per heavy atom. The molecule has 0 aromatic carbocycles. The van der Waals surface area contributed by atoms with Crippen LogP contribution in [0, 0.1) is 12.8 Å². The fraction of sp³-hybridized carbons (Fsp3) is 0.696. The molecule has 0 atom stereocenters. The Bertz CT molecular complexity index is 871. The molecule has 4 rings (SSSR count). The van der Waals surface area contributed by atoms with Crippen LogP contribution in [0.15, 0.2) is 6.20 Å². The van der Waals surface area contributed by atoms with Crippen molar-refractivity contribution in [3.05, 3.63) is 26.7 Å². The number of thiazole rings is 2. The Kier molecular flexibility index (Phi) is 7.61. The highest BCUT2D eigenvalue weighted by Gasteiger charge is 2.25. The van der Waals surface area contributed by atoms with Crippen LogP contribution in [0.4, 0.5) is 5.13 Å². The number of aryl methyl sites for hydroxylation is 1. The number of carbonyl (C=O) groups is 1. The molecule has 1 aliphatic carbocycles. The zero-order valence-corrected chi connectivity index (χ0v) is 20.7. The summed E-state index contributed by atoms with van der Waals surface area (Å²) in [7, 11) is 2.13. The average molecular weight is 462 g/mol. The number of fused-ring (bicyclic) bond motifs is 1. The Morgan fingerprint density at radius 1 is 1.29 bits per heavy atom. The highest BCUT2D eigenvalue weighted by molar-refractivity contribution is 7.15. The third-order valence-corrected chi connectivity index (χ3v) is 8.85. The van der Waals surface area contributed by atoms with Gasteiger partial charge in [0.25, 0.3) is 0 Å². The van der Waals surface area contributed by atoms with Crippen molar-refractivity contribution in [1.29, 1.82) is 0 Å². The van der Waals surface area contributed by atoms with Gasteiger partial charge in [0.2, 0.25) is 5.91 Å². The largest absolute Gasteiger partial charge is 0.353 e. The lowest BCUT2D eigenvalue weighted by Crippen LogP contribution is -2.39. The molecule has 1 aliphatic heterocycles. The van der Waals surface area contributed by atoms with Crippen LogP contribution < -0.4 is 10.2 Å². The second-order valence-corrected chi connectivity index (χ2v) is 11.4. The zero-order valence-electron chi connectivity index (χ0n) is 19.0. The van der Waals surface area contributed by atoms with Gasteiger partial charge in [0.05, 0.1) is 17.1 Å². The molecule has 1 amide bonds. The van der Waals surface area contributed by atoms with Gasteiger partial charge in [-0.25, -0.2) is 9.97 Å². The zero-order chi connectivity index (χ0) is 21.8. The third-order valence-electron chi connectivity index (χ3n) is 6.67. The number of nitrogens with one attached hydrogen (secondary N) is 1. The van der Waals surface area contributed by atoms with E-state index in [1.165, 1.54) is 41.5 Å². The lowest BCUT2D eigenvalue weighted by Gasteiger charge is -2.32. The molecule has 31 heavy (non-hydrogen) atoms. The molecule has 8 heteroatoms. The van der Waals surface area contributed by atoms with Crippen LogP contribution in [0.1, 0.15) is 59.5 Å². The fourth-order valence-corrected chi connectivity index (χ4v) is 6.49. The smallest absolute Gasteiger partial charge is 0.225 e. The highest BCUT2D eigenvalue weighted by Crippen LogP contribution is 2.31. The Balaban J connectivity index is 1.16. The Morgan fingerprint density at radius 2 is 2.10 bits per heavy atom. The lowest BCUT2D eigenvalue weighted by atomic mass is 9.84. The predicted molar refractivity (Wildman–Crippen MR) is 129 cm³/mol. The van der Waals surface area contributed by atoms with E-state index in [0.29, 0.717) is 12.5 Å². The van der Waals surface area contributed by atoms with Gasteiger partial charge in [-0.05, 0) is 64.8 Å².